The van der Waals surface area contributed by atoms with Crippen LogP contribution in [-0.4, -0.2) is 98.0 Å². The average molecular weight is 484 g/mol. The predicted molar refractivity (Wildman–Crippen MR) is 130 cm³/mol. The van der Waals surface area contributed by atoms with Gasteiger partial charge in [-0.25, -0.2) is 0 Å². The first-order valence-corrected chi connectivity index (χ1v) is 12.1. The van der Waals surface area contributed by atoms with E-state index in [4.69, 9.17) is 10.3 Å². The predicted octanol–water partition coefficient (Wildman–Crippen LogP) is 1.44. The molecule has 3 saturated heterocycles. The second-order valence-electron chi connectivity index (χ2n) is 9.94. The summed E-state index contributed by atoms with van der Waals surface area (Å²) in [5, 5.41) is 6.61. The molecule has 4 rings (SSSR count). The van der Waals surface area contributed by atoms with Gasteiger partial charge in [-0.15, -0.1) is 0 Å². The number of carbonyl (C=O) groups excluding carboxylic acids is 3. The van der Waals surface area contributed by atoms with Crippen LogP contribution in [-0.2, 0) is 14.3 Å². The zero-order chi connectivity index (χ0) is 25.1. The van der Waals surface area contributed by atoms with Crippen molar-refractivity contribution in [2.45, 2.75) is 44.5 Å². The number of amides is 2. The first-order chi connectivity index (χ1) is 16.8. The summed E-state index contributed by atoms with van der Waals surface area (Å²) in [4.78, 5) is 47.9. The summed E-state index contributed by atoms with van der Waals surface area (Å²) in [6.07, 6.45) is -0.223. The number of azide groups is 1. The van der Waals surface area contributed by atoms with Crippen molar-refractivity contribution in [3.05, 3.63) is 40.3 Å². The molecule has 0 spiro atoms. The minimum atomic E-state index is -0.807. The molecule has 1 aromatic carbocycles. The first kappa shape index (κ1) is 25.0. The van der Waals surface area contributed by atoms with E-state index < -0.39 is 24.2 Å². The Hall–Kier alpha value is -3.14. The van der Waals surface area contributed by atoms with Crippen molar-refractivity contribution in [2.24, 2.45) is 11.0 Å². The third-order valence-corrected chi connectivity index (χ3v) is 6.95. The molecular formula is C24H33N7O4. The van der Waals surface area contributed by atoms with E-state index in [1.165, 1.54) is 4.90 Å². The molecule has 35 heavy (non-hydrogen) atoms. The summed E-state index contributed by atoms with van der Waals surface area (Å²) in [6.45, 7) is 7.77. The average Bonchev–Trinajstić information content (AvgIpc) is 3.39. The van der Waals surface area contributed by atoms with Crippen LogP contribution in [0.3, 0.4) is 0 Å². The van der Waals surface area contributed by atoms with E-state index in [9.17, 15) is 14.4 Å². The van der Waals surface area contributed by atoms with Gasteiger partial charge in [-0.1, -0.05) is 19.0 Å². The number of likely N-dealkylation sites (tertiary alicyclic amines) is 1. The monoisotopic (exact) mass is 483 g/mol. The molecule has 0 radical (unpaired) electrons. The molecule has 11 nitrogen and oxygen atoms in total. The quantitative estimate of drug-likeness (QED) is 0.355. The largest absolute Gasteiger partial charge is 0.369 e. The molecular weight excluding hydrogens is 450 g/mol. The maximum atomic E-state index is 13.5. The maximum absolute atomic E-state index is 13.5. The maximum Gasteiger partial charge on any atom is 0.251 e. The molecule has 4 atom stereocenters. The smallest absolute Gasteiger partial charge is 0.251 e. The second kappa shape index (κ2) is 10.6. The lowest BCUT2D eigenvalue weighted by molar-refractivity contribution is -0.138. The number of Topliss-reactive ketones (excluding diaryl/α,β-unsaturated/α-hetero) is 1. The Labute approximate surface area is 205 Å². The summed E-state index contributed by atoms with van der Waals surface area (Å²) in [5.74, 6) is -0.783. The number of anilines is 1. The lowest BCUT2D eigenvalue weighted by Crippen LogP contribution is -2.52. The van der Waals surface area contributed by atoms with Gasteiger partial charge in [0.25, 0.3) is 5.91 Å². The Balaban J connectivity index is 1.47. The summed E-state index contributed by atoms with van der Waals surface area (Å²) < 4.78 is 5.51. The molecule has 0 aliphatic carbocycles. The van der Waals surface area contributed by atoms with E-state index in [-0.39, 0.29) is 36.7 Å². The van der Waals surface area contributed by atoms with Crippen LogP contribution >= 0.6 is 0 Å². The highest BCUT2D eigenvalue weighted by Gasteiger charge is 2.53. The second-order valence-corrected chi connectivity index (χ2v) is 9.94. The Morgan fingerprint density at radius 3 is 2.51 bits per heavy atom. The van der Waals surface area contributed by atoms with Crippen LogP contribution in [0.1, 0.15) is 30.6 Å². The normalized spacial score (nSPS) is 25.4. The number of nitrogens with one attached hydrogen (secondary N) is 1. The van der Waals surface area contributed by atoms with Gasteiger partial charge in [0.05, 0.1) is 12.1 Å². The van der Waals surface area contributed by atoms with E-state index in [2.05, 4.69) is 32.2 Å². The SMILES string of the molecule is CC(C)C[C@H](NC(=O)c1ccc(N2CCN(C)CC2)cc1)C(=O)N1C[C@H](N=[N+]=[N-])[C@H]2OCC(=O)[C@H]21. The number of rotatable bonds is 7. The van der Waals surface area contributed by atoms with Crippen molar-refractivity contribution in [2.75, 3.05) is 51.3 Å². The van der Waals surface area contributed by atoms with Crippen molar-refractivity contribution in [3.63, 3.8) is 0 Å². The van der Waals surface area contributed by atoms with Crippen molar-refractivity contribution in [1.82, 2.24) is 15.1 Å². The van der Waals surface area contributed by atoms with Gasteiger partial charge in [-0.05, 0) is 49.2 Å². The fourth-order valence-corrected chi connectivity index (χ4v) is 5.05. The molecule has 0 bridgehead atoms. The summed E-state index contributed by atoms with van der Waals surface area (Å²) in [6, 6.07) is 5.20. The van der Waals surface area contributed by atoms with Gasteiger partial charge in [0.1, 0.15) is 18.7 Å². The van der Waals surface area contributed by atoms with Crippen LogP contribution in [0.2, 0.25) is 0 Å². The molecule has 3 aliphatic heterocycles. The highest BCUT2D eigenvalue weighted by molar-refractivity contribution is 5.99. The van der Waals surface area contributed by atoms with Gasteiger partial charge in [0.2, 0.25) is 5.91 Å². The van der Waals surface area contributed by atoms with E-state index in [1.54, 1.807) is 12.1 Å². The molecule has 3 fully saturated rings. The minimum Gasteiger partial charge on any atom is -0.369 e. The van der Waals surface area contributed by atoms with Crippen LogP contribution in [0.4, 0.5) is 5.69 Å². The fourth-order valence-electron chi connectivity index (χ4n) is 5.05. The number of nitrogens with zero attached hydrogens (tertiary/aromatic N) is 6. The number of carbonyl (C=O) groups is 3. The highest BCUT2D eigenvalue weighted by atomic mass is 16.5. The zero-order valence-corrected chi connectivity index (χ0v) is 20.5. The van der Waals surface area contributed by atoms with E-state index in [0.717, 1.165) is 31.9 Å². The number of benzene rings is 1. The number of fused-ring (bicyclic) bond motifs is 1. The molecule has 0 unspecified atom stereocenters. The molecule has 2 amide bonds. The molecule has 0 aromatic heterocycles. The number of hydrogen-bond donors (Lipinski definition) is 1. The van der Waals surface area contributed by atoms with Gasteiger partial charge in [0, 0.05) is 48.9 Å². The Bertz CT molecular complexity index is 1000. The molecule has 1 aromatic rings. The fraction of sp³-hybridized carbons (Fsp3) is 0.625. The van der Waals surface area contributed by atoms with Crippen LogP contribution in [0.5, 0.6) is 0 Å². The number of ether oxygens (including phenoxy) is 1. The standard InChI is InChI=1S/C24H33N7O4/c1-15(2)12-18(24(34)31-13-19(27-28-25)22-21(31)20(32)14-35-22)26-23(33)16-4-6-17(7-5-16)30-10-8-29(3)9-11-30/h4-7,15,18-19,21-22H,8-14H2,1-3H3,(H,26,33)/t18-,19-,21+,22+/m0/s1. The number of hydrogen-bond acceptors (Lipinski definition) is 7. The third-order valence-electron chi connectivity index (χ3n) is 6.95. The minimum absolute atomic E-state index is 0.0914. The summed E-state index contributed by atoms with van der Waals surface area (Å²) in [7, 11) is 2.11. The molecule has 188 valence electrons. The van der Waals surface area contributed by atoms with Gasteiger partial charge >= 0.3 is 0 Å². The van der Waals surface area contributed by atoms with Crippen molar-refractivity contribution < 1.29 is 19.1 Å². The van der Waals surface area contributed by atoms with Crippen LogP contribution in [0, 0.1) is 5.92 Å². The summed E-state index contributed by atoms with van der Waals surface area (Å²) in [5.41, 5.74) is 10.4. The number of ketones is 1. The Morgan fingerprint density at radius 1 is 1.20 bits per heavy atom. The van der Waals surface area contributed by atoms with E-state index in [1.807, 2.05) is 26.0 Å². The van der Waals surface area contributed by atoms with Gasteiger partial charge < -0.3 is 24.8 Å². The van der Waals surface area contributed by atoms with E-state index in [0.29, 0.717) is 12.0 Å². The first-order valence-electron chi connectivity index (χ1n) is 12.1. The van der Waals surface area contributed by atoms with Gasteiger partial charge in [0.15, 0.2) is 5.78 Å². The zero-order valence-electron chi connectivity index (χ0n) is 20.5. The van der Waals surface area contributed by atoms with E-state index >= 15 is 0 Å². The number of likely N-dealkylation sites (N-methyl/N-ethyl adjacent to an activating group) is 1. The van der Waals surface area contributed by atoms with Crippen LogP contribution in [0.15, 0.2) is 29.4 Å². The van der Waals surface area contributed by atoms with Gasteiger partial charge in [-0.3, -0.25) is 14.4 Å². The van der Waals surface area contributed by atoms with Crippen molar-refractivity contribution >= 4 is 23.3 Å². The lowest BCUT2D eigenvalue weighted by atomic mass is 10.0. The molecule has 0 saturated carbocycles. The Morgan fingerprint density at radius 2 is 1.89 bits per heavy atom. The lowest BCUT2D eigenvalue weighted by Gasteiger charge is -2.34. The van der Waals surface area contributed by atoms with Crippen LogP contribution in [0.25, 0.3) is 10.4 Å². The third kappa shape index (κ3) is 5.42. The molecule has 1 N–H and O–H groups in total. The van der Waals surface area contributed by atoms with Crippen LogP contribution < -0.4 is 10.2 Å². The van der Waals surface area contributed by atoms with Gasteiger partial charge in [-0.2, -0.15) is 0 Å². The topological polar surface area (TPSA) is 131 Å². The Kier molecular flexibility index (Phi) is 7.59. The summed E-state index contributed by atoms with van der Waals surface area (Å²) >= 11 is 0. The van der Waals surface area contributed by atoms with Crippen molar-refractivity contribution in [3.8, 4) is 0 Å². The molecule has 3 heterocycles. The van der Waals surface area contributed by atoms with Crippen molar-refractivity contribution in [1.29, 1.82) is 0 Å². The molecule has 3 aliphatic rings. The molecule has 11 heteroatoms. The number of piperazine rings is 1. The highest BCUT2D eigenvalue weighted by Crippen LogP contribution is 2.30.